The van der Waals surface area contributed by atoms with Gasteiger partial charge in [-0.05, 0) is 48.3 Å². The maximum Gasteiger partial charge on any atom is 0.331 e. The summed E-state index contributed by atoms with van der Waals surface area (Å²) in [5, 5.41) is 0. The lowest BCUT2D eigenvalue weighted by molar-refractivity contribution is 0.414. The van der Waals surface area contributed by atoms with Crippen LogP contribution in [0.25, 0.3) is 21.6 Å². The average Bonchev–Trinajstić information content (AvgIpc) is 3.18. The number of methoxy groups -OCH3 is 1. The molecule has 1 aromatic carbocycles. The van der Waals surface area contributed by atoms with Crippen molar-refractivity contribution in [1.82, 2.24) is 18.5 Å². The molecule has 142 valence electrons. The smallest absolute Gasteiger partial charge is 0.331 e. The number of hydrogen-bond acceptors (Lipinski definition) is 6. The van der Waals surface area contributed by atoms with Crippen LogP contribution in [0.3, 0.4) is 0 Å². The fraction of sp³-hybridized carbons (Fsp3) is 0.200. The molecule has 0 N–H and O–H groups in total. The molecule has 4 rings (SSSR count). The lowest BCUT2D eigenvalue weighted by Crippen LogP contribution is -2.39. The number of ether oxygens (including phenoxy) is 1. The third-order valence-corrected chi connectivity index (χ3v) is 5.36. The zero-order chi connectivity index (χ0) is 19.7. The monoisotopic (exact) mass is 394 g/mol. The third-order valence-electron chi connectivity index (χ3n) is 4.54. The Morgan fingerprint density at radius 2 is 1.96 bits per heavy atom. The van der Waals surface area contributed by atoms with Crippen molar-refractivity contribution in [3.63, 3.8) is 0 Å². The number of rotatable bonds is 5. The molecule has 3 heterocycles. The second-order valence-corrected chi connectivity index (χ2v) is 6.97. The van der Waals surface area contributed by atoms with Crippen molar-refractivity contribution in [1.29, 1.82) is 0 Å². The Morgan fingerprint density at radius 1 is 1.11 bits per heavy atom. The van der Waals surface area contributed by atoms with Gasteiger partial charge in [-0.15, -0.1) is 0 Å². The van der Waals surface area contributed by atoms with Gasteiger partial charge in [0.15, 0.2) is 0 Å². The minimum Gasteiger partial charge on any atom is -0.497 e. The summed E-state index contributed by atoms with van der Waals surface area (Å²) >= 11 is 1.10. The molecule has 0 aliphatic rings. The van der Waals surface area contributed by atoms with Gasteiger partial charge in [0.25, 0.3) is 5.56 Å². The molecule has 0 saturated carbocycles. The van der Waals surface area contributed by atoms with E-state index in [1.807, 2.05) is 42.5 Å². The van der Waals surface area contributed by atoms with Gasteiger partial charge in [0.2, 0.25) is 0 Å². The lowest BCUT2D eigenvalue weighted by atomic mass is 10.2. The maximum atomic E-state index is 13.1. The molecule has 0 aliphatic carbocycles. The van der Waals surface area contributed by atoms with Gasteiger partial charge in [-0.2, -0.15) is 4.37 Å². The van der Waals surface area contributed by atoms with E-state index in [1.165, 1.54) is 4.57 Å². The number of pyridine rings is 1. The summed E-state index contributed by atoms with van der Waals surface area (Å²) in [7, 11) is 1.60. The SMILES string of the molecule is CCn1c(=O)c2snc(-c3ccccn3)c2n(Cc2cccc(OC)c2)c1=O. The van der Waals surface area contributed by atoms with Gasteiger partial charge in [-0.1, -0.05) is 18.2 Å². The highest BCUT2D eigenvalue weighted by Crippen LogP contribution is 2.27. The van der Waals surface area contributed by atoms with Crippen LogP contribution in [0.5, 0.6) is 5.75 Å². The molecule has 0 bridgehead atoms. The molecule has 0 atom stereocenters. The Labute approximate surface area is 164 Å². The van der Waals surface area contributed by atoms with Crippen LogP contribution in [-0.2, 0) is 13.1 Å². The van der Waals surface area contributed by atoms with Gasteiger partial charge in [0.1, 0.15) is 16.1 Å². The van der Waals surface area contributed by atoms with Crippen molar-refractivity contribution < 1.29 is 4.74 Å². The Morgan fingerprint density at radius 3 is 2.68 bits per heavy atom. The van der Waals surface area contributed by atoms with Crippen molar-refractivity contribution in [3.8, 4) is 17.1 Å². The molecular formula is C20H18N4O3S. The van der Waals surface area contributed by atoms with Crippen LogP contribution in [0.2, 0.25) is 0 Å². The fourth-order valence-corrected chi connectivity index (χ4v) is 4.02. The summed E-state index contributed by atoms with van der Waals surface area (Å²) < 4.78 is 13.0. The minimum absolute atomic E-state index is 0.294. The van der Waals surface area contributed by atoms with Gasteiger partial charge in [-0.3, -0.25) is 18.9 Å². The first kappa shape index (κ1) is 18.1. The zero-order valence-electron chi connectivity index (χ0n) is 15.5. The number of hydrogen-bond donors (Lipinski definition) is 0. The van der Waals surface area contributed by atoms with E-state index in [9.17, 15) is 9.59 Å². The maximum absolute atomic E-state index is 13.1. The summed E-state index contributed by atoms with van der Waals surface area (Å²) in [6.45, 7) is 2.37. The Hall–Kier alpha value is -3.26. The van der Waals surface area contributed by atoms with Gasteiger partial charge in [0, 0.05) is 12.7 Å². The molecule has 0 radical (unpaired) electrons. The molecule has 0 spiro atoms. The molecule has 0 fully saturated rings. The third kappa shape index (κ3) is 3.01. The number of fused-ring (bicyclic) bond motifs is 1. The predicted octanol–water partition coefficient (Wildman–Crippen LogP) is 2.76. The van der Waals surface area contributed by atoms with E-state index >= 15 is 0 Å². The van der Waals surface area contributed by atoms with Crippen molar-refractivity contribution in [2.75, 3.05) is 7.11 Å². The normalized spacial score (nSPS) is 11.1. The van der Waals surface area contributed by atoms with E-state index in [1.54, 1.807) is 24.8 Å². The van der Waals surface area contributed by atoms with Crippen LogP contribution < -0.4 is 16.0 Å². The van der Waals surface area contributed by atoms with Crippen LogP contribution in [0.1, 0.15) is 12.5 Å². The minimum atomic E-state index is -0.361. The van der Waals surface area contributed by atoms with E-state index in [0.29, 0.717) is 40.4 Å². The number of benzene rings is 1. The second-order valence-electron chi connectivity index (χ2n) is 6.19. The van der Waals surface area contributed by atoms with E-state index in [2.05, 4.69) is 9.36 Å². The molecule has 8 heteroatoms. The molecule has 0 amide bonds. The predicted molar refractivity (Wildman–Crippen MR) is 109 cm³/mol. The van der Waals surface area contributed by atoms with Crippen molar-refractivity contribution in [2.45, 2.75) is 20.0 Å². The standard InChI is InChI=1S/C20H18N4O3S/c1-3-23-19(25)18-17(16(22-28-18)15-9-4-5-10-21-15)24(20(23)26)12-13-7-6-8-14(11-13)27-2/h4-11H,3,12H2,1-2H3. The fourth-order valence-electron chi connectivity index (χ4n) is 3.18. The summed E-state index contributed by atoms with van der Waals surface area (Å²) in [4.78, 5) is 30.3. The highest BCUT2D eigenvalue weighted by molar-refractivity contribution is 7.13. The van der Waals surface area contributed by atoms with Crippen LogP contribution in [-0.4, -0.2) is 25.6 Å². The Balaban J connectivity index is 2.01. The molecule has 7 nitrogen and oxygen atoms in total. The van der Waals surface area contributed by atoms with Crippen LogP contribution in [0.15, 0.2) is 58.3 Å². The number of nitrogens with zero attached hydrogens (tertiary/aromatic N) is 4. The zero-order valence-corrected chi connectivity index (χ0v) is 16.3. The lowest BCUT2D eigenvalue weighted by Gasteiger charge is -2.12. The van der Waals surface area contributed by atoms with Crippen LogP contribution in [0, 0.1) is 0 Å². The highest BCUT2D eigenvalue weighted by Gasteiger charge is 2.20. The van der Waals surface area contributed by atoms with E-state index in [-0.39, 0.29) is 11.2 Å². The van der Waals surface area contributed by atoms with Crippen molar-refractivity contribution in [3.05, 3.63) is 75.1 Å². The molecular weight excluding hydrogens is 376 g/mol. The Bertz CT molecular complexity index is 1260. The van der Waals surface area contributed by atoms with Gasteiger partial charge < -0.3 is 4.74 Å². The first-order valence-electron chi connectivity index (χ1n) is 8.81. The number of aromatic nitrogens is 4. The molecule has 28 heavy (non-hydrogen) atoms. The Kier molecular flexibility index (Phi) is 4.79. The largest absolute Gasteiger partial charge is 0.497 e. The quantitative estimate of drug-likeness (QED) is 0.520. The van der Waals surface area contributed by atoms with Crippen LogP contribution >= 0.6 is 11.5 Å². The van der Waals surface area contributed by atoms with E-state index in [4.69, 9.17) is 4.74 Å². The van der Waals surface area contributed by atoms with E-state index in [0.717, 1.165) is 17.1 Å². The summed E-state index contributed by atoms with van der Waals surface area (Å²) in [5.74, 6) is 0.707. The summed E-state index contributed by atoms with van der Waals surface area (Å²) in [5.41, 5.74) is 1.90. The van der Waals surface area contributed by atoms with Gasteiger partial charge >= 0.3 is 5.69 Å². The van der Waals surface area contributed by atoms with Crippen molar-refractivity contribution >= 4 is 21.7 Å². The highest BCUT2D eigenvalue weighted by atomic mass is 32.1. The van der Waals surface area contributed by atoms with Crippen LogP contribution in [0.4, 0.5) is 0 Å². The second kappa shape index (κ2) is 7.40. The van der Waals surface area contributed by atoms with E-state index < -0.39 is 0 Å². The average molecular weight is 394 g/mol. The molecule has 0 saturated heterocycles. The van der Waals surface area contributed by atoms with Gasteiger partial charge in [0.05, 0.1) is 24.9 Å². The molecule has 4 aromatic rings. The molecule has 0 unspecified atom stereocenters. The topological polar surface area (TPSA) is 79.0 Å². The summed E-state index contributed by atoms with van der Waals surface area (Å²) in [6, 6.07) is 13.0. The molecule has 3 aromatic heterocycles. The first-order chi connectivity index (χ1) is 13.6. The first-order valence-corrected chi connectivity index (χ1v) is 9.58. The molecule has 0 aliphatic heterocycles. The van der Waals surface area contributed by atoms with Crippen molar-refractivity contribution in [2.24, 2.45) is 0 Å². The summed E-state index contributed by atoms with van der Waals surface area (Å²) in [6.07, 6.45) is 1.66. The van der Waals surface area contributed by atoms with Gasteiger partial charge in [-0.25, -0.2) is 4.79 Å².